The molecule has 0 aromatic rings. The van der Waals surface area contributed by atoms with Crippen LogP contribution in [0.25, 0.3) is 0 Å². The SMILES string of the molecule is CC(C)CCC[C@@H](C)[C@H]1CC[C@H]2[C@@H]3C[C@H](NCCN)[C@H]4C[C@@H](OC(=O)CC(=O)O)CC[C@]4(C)[C@H]3CC[C@]12C. The molecule has 38 heavy (non-hydrogen) atoms. The third-order valence-corrected chi connectivity index (χ3v) is 12.0. The van der Waals surface area contributed by atoms with Gasteiger partial charge >= 0.3 is 11.9 Å². The predicted octanol–water partition coefficient (Wildman–Crippen LogP) is 6.02. The molecule has 0 spiro atoms. The lowest BCUT2D eigenvalue weighted by Crippen LogP contribution is -2.61. The van der Waals surface area contributed by atoms with E-state index in [9.17, 15) is 9.59 Å². The minimum Gasteiger partial charge on any atom is -0.481 e. The number of carbonyl (C=O) groups is 2. The highest BCUT2D eigenvalue weighted by Crippen LogP contribution is 2.68. The maximum atomic E-state index is 12.2. The molecule has 0 aliphatic heterocycles. The zero-order valence-electron chi connectivity index (χ0n) is 24.8. The number of rotatable bonds is 11. The molecule has 4 rings (SSSR count). The van der Waals surface area contributed by atoms with Crippen molar-refractivity contribution >= 4 is 11.9 Å². The summed E-state index contributed by atoms with van der Waals surface area (Å²) in [5, 5.41) is 12.8. The molecule has 0 bridgehead atoms. The van der Waals surface area contributed by atoms with E-state index >= 15 is 0 Å². The van der Waals surface area contributed by atoms with E-state index in [4.69, 9.17) is 15.6 Å². The molecule has 0 radical (unpaired) electrons. The van der Waals surface area contributed by atoms with Gasteiger partial charge in [-0.3, -0.25) is 9.59 Å². The monoisotopic (exact) mass is 532 g/mol. The maximum Gasteiger partial charge on any atom is 0.317 e. The highest BCUT2D eigenvalue weighted by Gasteiger charge is 2.62. The average Bonchev–Trinajstić information content (AvgIpc) is 3.19. The minimum absolute atomic E-state index is 0.171. The molecular formula is C32H56N2O4. The minimum atomic E-state index is -1.12. The van der Waals surface area contributed by atoms with Crippen molar-refractivity contribution < 1.29 is 19.4 Å². The normalized spacial score (nSPS) is 41.2. The summed E-state index contributed by atoms with van der Waals surface area (Å²) in [5.41, 5.74) is 6.64. The molecule has 218 valence electrons. The molecule has 0 amide bonds. The number of carboxylic acids is 1. The number of hydrogen-bond donors (Lipinski definition) is 3. The first-order chi connectivity index (χ1) is 18.0. The van der Waals surface area contributed by atoms with Crippen molar-refractivity contribution in [2.75, 3.05) is 13.1 Å². The zero-order valence-corrected chi connectivity index (χ0v) is 24.8. The first-order valence-electron chi connectivity index (χ1n) is 15.8. The van der Waals surface area contributed by atoms with Gasteiger partial charge in [-0.05, 0) is 104 Å². The fourth-order valence-corrected chi connectivity index (χ4v) is 10.3. The Bertz CT molecular complexity index is 832. The molecule has 4 fully saturated rings. The quantitative estimate of drug-likeness (QED) is 0.222. The van der Waals surface area contributed by atoms with Crippen molar-refractivity contribution in [1.82, 2.24) is 5.32 Å². The van der Waals surface area contributed by atoms with Gasteiger partial charge in [0.1, 0.15) is 12.5 Å². The molecule has 6 heteroatoms. The Morgan fingerprint density at radius 3 is 2.37 bits per heavy atom. The lowest BCUT2D eigenvalue weighted by molar-refractivity contribution is -0.168. The molecule has 0 saturated heterocycles. The molecule has 0 aromatic carbocycles. The molecular weight excluding hydrogens is 476 g/mol. The van der Waals surface area contributed by atoms with Crippen LogP contribution in [0.1, 0.15) is 112 Å². The second-order valence-electron chi connectivity index (χ2n) is 14.6. The summed E-state index contributed by atoms with van der Waals surface area (Å²) < 4.78 is 5.69. The van der Waals surface area contributed by atoms with Gasteiger partial charge in [0.25, 0.3) is 0 Å². The number of carbonyl (C=O) groups excluding carboxylic acids is 1. The second-order valence-corrected chi connectivity index (χ2v) is 14.6. The third kappa shape index (κ3) is 5.96. The Morgan fingerprint density at radius 2 is 1.68 bits per heavy atom. The number of carboxylic acid groups (broad SMARTS) is 1. The van der Waals surface area contributed by atoms with Crippen LogP contribution in [0.15, 0.2) is 0 Å². The summed E-state index contributed by atoms with van der Waals surface area (Å²) in [6, 6.07) is 0.385. The summed E-state index contributed by atoms with van der Waals surface area (Å²) in [7, 11) is 0. The summed E-state index contributed by atoms with van der Waals surface area (Å²) in [5.74, 6) is 3.48. The van der Waals surface area contributed by atoms with E-state index in [-0.39, 0.29) is 11.5 Å². The molecule has 4 N–H and O–H groups in total. The van der Waals surface area contributed by atoms with E-state index in [1.54, 1.807) is 0 Å². The summed E-state index contributed by atoms with van der Waals surface area (Å²) >= 11 is 0. The van der Waals surface area contributed by atoms with E-state index in [0.717, 1.165) is 61.3 Å². The fourth-order valence-electron chi connectivity index (χ4n) is 10.3. The Kier molecular flexibility index (Phi) is 9.55. The highest BCUT2D eigenvalue weighted by atomic mass is 16.5. The summed E-state index contributed by atoms with van der Waals surface area (Å²) in [6.45, 7) is 13.9. The van der Waals surface area contributed by atoms with Crippen LogP contribution in [0.4, 0.5) is 0 Å². The molecule has 6 nitrogen and oxygen atoms in total. The average molecular weight is 533 g/mol. The van der Waals surface area contributed by atoms with Crippen LogP contribution in [-0.2, 0) is 14.3 Å². The van der Waals surface area contributed by atoms with Gasteiger partial charge in [0.05, 0.1) is 0 Å². The van der Waals surface area contributed by atoms with E-state index in [2.05, 4.69) is 39.9 Å². The number of nitrogens with two attached hydrogens (primary N) is 1. The lowest BCUT2D eigenvalue weighted by atomic mass is 9.43. The number of hydrogen-bond acceptors (Lipinski definition) is 5. The van der Waals surface area contributed by atoms with Crippen LogP contribution in [0.5, 0.6) is 0 Å². The summed E-state index contributed by atoms with van der Waals surface area (Å²) in [4.78, 5) is 23.1. The second kappa shape index (κ2) is 12.2. The first kappa shape index (κ1) is 29.8. The number of nitrogens with one attached hydrogen (secondary N) is 1. The highest BCUT2D eigenvalue weighted by molar-refractivity contribution is 5.90. The molecule has 4 saturated carbocycles. The lowest BCUT2D eigenvalue weighted by Gasteiger charge is -2.63. The standard InChI is InChI=1S/C32H56N2O4/c1-20(2)7-6-8-21(3)24-9-10-25-23-18-28(34-16-15-33)27-17-22(38-30(37)19-29(35)36)11-13-32(27,5)26(23)12-14-31(24,25)4/h20-28,34H,6-19,33H2,1-5H3,(H,35,36)/t21-,22+,23+,24-,25+,26+,27-,28+,31-,32-/m1/s1. The largest absolute Gasteiger partial charge is 0.481 e. The molecule has 10 atom stereocenters. The van der Waals surface area contributed by atoms with Crippen molar-refractivity contribution in [3.63, 3.8) is 0 Å². The molecule has 4 aliphatic carbocycles. The fraction of sp³-hybridized carbons (Fsp3) is 0.938. The van der Waals surface area contributed by atoms with Crippen LogP contribution in [0.2, 0.25) is 0 Å². The third-order valence-electron chi connectivity index (χ3n) is 12.0. The smallest absolute Gasteiger partial charge is 0.317 e. The zero-order chi connectivity index (χ0) is 27.7. The molecule has 4 aliphatic rings. The van der Waals surface area contributed by atoms with Crippen molar-refractivity contribution in [1.29, 1.82) is 0 Å². The number of fused-ring (bicyclic) bond motifs is 5. The Balaban J connectivity index is 1.50. The van der Waals surface area contributed by atoms with Crippen LogP contribution in [0.3, 0.4) is 0 Å². The first-order valence-corrected chi connectivity index (χ1v) is 15.8. The van der Waals surface area contributed by atoms with E-state index in [0.29, 0.717) is 23.9 Å². The topological polar surface area (TPSA) is 102 Å². The number of esters is 1. The van der Waals surface area contributed by atoms with Crippen LogP contribution in [0, 0.1) is 52.3 Å². The van der Waals surface area contributed by atoms with Gasteiger partial charge in [0.2, 0.25) is 0 Å². The van der Waals surface area contributed by atoms with Crippen molar-refractivity contribution in [2.45, 2.75) is 124 Å². The number of ether oxygens (including phenoxy) is 1. The van der Waals surface area contributed by atoms with Gasteiger partial charge in [-0.25, -0.2) is 0 Å². The van der Waals surface area contributed by atoms with E-state index < -0.39 is 18.4 Å². The van der Waals surface area contributed by atoms with Gasteiger partial charge in [-0.1, -0.05) is 53.9 Å². The van der Waals surface area contributed by atoms with Gasteiger partial charge in [0.15, 0.2) is 0 Å². The van der Waals surface area contributed by atoms with Crippen molar-refractivity contribution in [2.24, 2.45) is 58.0 Å². The van der Waals surface area contributed by atoms with Crippen LogP contribution in [-0.4, -0.2) is 42.3 Å². The van der Waals surface area contributed by atoms with Gasteiger partial charge in [-0.15, -0.1) is 0 Å². The van der Waals surface area contributed by atoms with Crippen LogP contribution < -0.4 is 11.1 Å². The van der Waals surface area contributed by atoms with E-state index in [1.165, 1.54) is 51.4 Å². The Hall–Kier alpha value is -1.14. The maximum absolute atomic E-state index is 12.2. The Labute approximate surface area is 231 Å². The van der Waals surface area contributed by atoms with E-state index in [1.807, 2.05) is 0 Å². The van der Waals surface area contributed by atoms with Gasteiger partial charge < -0.3 is 20.9 Å². The molecule has 0 unspecified atom stereocenters. The Morgan fingerprint density at radius 1 is 0.974 bits per heavy atom. The molecule has 0 heterocycles. The number of aliphatic carboxylic acids is 1. The van der Waals surface area contributed by atoms with Crippen molar-refractivity contribution in [3.8, 4) is 0 Å². The predicted molar refractivity (Wildman–Crippen MR) is 151 cm³/mol. The van der Waals surface area contributed by atoms with Crippen LogP contribution >= 0.6 is 0 Å². The van der Waals surface area contributed by atoms with Crippen molar-refractivity contribution in [3.05, 3.63) is 0 Å². The van der Waals surface area contributed by atoms with Gasteiger partial charge in [-0.2, -0.15) is 0 Å². The summed E-state index contributed by atoms with van der Waals surface area (Å²) in [6.07, 6.45) is 12.8. The molecule has 0 aromatic heterocycles. The van der Waals surface area contributed by atoms with Gasteiger partial charge in [0, 0.05) is 19.1 Å².